The average Bonchev–Trinajstić information content (AvgIpc) is 3.49. The van der Waals surface area contributed by atoms with Crippen molar-refractivity contribution in [1.29, 1.82) is 0 Å². The standard InChI is InChI=1S/C32H36N2O8/c1-2-38-32-22(7-5-15-35)24(25-19-39-26-8-4-3-6-23(26)30(25)36)17-29(42-32)31(37)34-13-11-33(12-14-34)18-21-9-10-27-28(16-21)41-20-40-27/h3-4,6,8-10,16-17,19,22,24,32,35H,2,5,7,11-15,18,20H2,1H3/t22-,24-,32+/m1/s1. The molecule has 10 nitrogen and oxygen atoms in total. The minimum atomic E-state index is -0.742. The highest BCUT2D eigenvalue weighted by molar-refractivity contribution is 5.92. The number of para-hydroxylation sites is 1. The Morgan fingerprint density at radius 1 is 1.07 bits per heavy atom. The number of carbonyl (C=O) groups is 1. The summed E-state index contributed by atoms with van der Waals surface area (Å²) in [5, 5.41) is 10.1. The van der Waals surface area contributed by atoms with E-state index in [0.29, 0.717) is 62.2 Å². The second kappa shape index (κ2) is 12.6. The molecule has 1 saturated heterocycles. The highest BCUT2D eigenvalue weighted by atomic mass is 16.7. The number of nitrogens with zero attached hydrogens (tertiary/aromatic N) is 2. The maximum Gasteiger partial charge on any atom is 0.288 e. The van der Waals surface area contributed by atoms with Gasteiger partial charge in [-0.25, -0.2) is 0 Å². The third-order valence-electron chi connectivity index (χ3n) is 8.19. The number of fused-ring (bicyclic) bond motifs is 2. The van der Waals surface area contributed by atoms with Crippen molar-refractivity contribution in [1.82, 2.24) is 9.80 Å². The largest absolute Gasteiger partial charge is 0.464 e. The van der Waals surface area contributed by atoms with Crippen molar-refractivity contribution >= 4 is 16.9 Å². The van der Waals surface area contributed by atoms with E-state index in [2.05, 4.69) is 4.90 Å². The number of ether oxygens (including phenoxy) is 4. The molecule has 0 radical (unpaired) electrons. The molecule has 2 aromatic carbocycles. The molecule has 3 aliphatic rings. The van der Waals surface area contributed by atoms with Gasteiger partial charge in [0.25, 0.3) is 5.91 Å². The van der Waals surface area contributed by atoms with Crippen molar-refractivity contribution in [2.24, 2.45) is 5.92 Å². The summed E-state index contributed by atoms with van der Waals surface area (Å²) < 4.78 is 28.9. The van der Waals surface area contributed by atoms with E-state index in [0.717, 1.165) is 23.6 Å². The van der Waals surface area contributed by atoms with E-state index in [-0.39, 0.29) is 36.4 Å². The predicted molar refractivity (Wildman–Crippen MR) is 154 cm³/mol. The van der Waals surface area contributed by atoms with Crippen LogP contribution in [0.25, 0.3) is 11.0 Å². The summed E-state index contributed by atoms with van der Waals surface area (Å²) in [6.07, 6.45) is 3.56. The molecule has 0 aliphatic carbocycles. The Morgan fingerprint density at radius 2 is 1.88 bits per heavy atom. The maximum atomic E-state index is 13.8. The first-order valence-corrected chi connectivity index (χ1v) is 14.6. The van der Waals surface area contributed by atoms with Crippen molar-refractivity contribution in [2.45, 2.75) is 38.5 Å². The summed E-state index contributed by atoms with van der Waals surface area (Å²) in [5.41, 5.74) is 1.94. The molecule has 10 heteroatoms. The van der Waals surface area contributed by atoms with E-state index < -0.39 is 12.2 Å². The second-order valence-electron chi connectivity index (χ2n) is 10.8. The van der Waals surface area contributed by atoms with Gasteiger partial charge in [0, 0.05) is 63.3 Å². The zero-order chi connectivity index (χ0) is 29.1. The summed E-state index contributed by atoms with van der Waals surface area (Å²) >= 11 is 0. The number of amides is 1. The van der Waals surface area contributed by atoms with Crippen molar-refractivity contribution in [3.63, 3.8) is 0 Å². The molecule has 6 rings (SSSR count). The number of hydrogen-bond donors (Lipinski definition) is 1. The van der Waals surface area contributed by atoms with E-state index >= 15 is 0 Å². The van der Waals surface area contributed by atoms with Crippen molar-refractivity contribution in [2.75, 3.05) is 46.2 Å². The van der Waals surface area contributed by atoms with Gasteiger partial charge >= 0.3 is 0 Å². The molecule has 0 saturated carbocycles. The summed E-state index contributed by atoms with van der Waals surface area (Å²) in [6.45, 7) is 5.73. The molecule has 0 spiro atoms. The Labute approximate surface area is 244 Å². The molecular formula is C32H36N2O8. The molecule has 0 unspecified atom stereocenters. The van der Waals surface area contributed by atoms with Gasteiger partial charge in [0.1, 0.15) is 5.58 Å². The van der Waals surface area contributed by atoms with Crippen LogP contribution in [0.5, 0.6) is 11.5 Å². The Balaban J connectivity index is 1.22. The van der Waals surface area contributed by atoms with Crippen LogP contribution in [-0.4, -0.2) is 73.3 Å². The molecule has 1 N–H and O–H groups in total. The number of aliphatic hydroxyl groups is 1. The highest BCUT2D eigenvalue weighted by Gasteiger charge is 2.40. The Kier molecular flexibility index (Phi) is 8.46. The Hall–Kier alpha value is -3.86. The summed E-state index contributed by atoms with van der Waals surface area (Å²) in [7, 11) is 0. The number of piperazine rings is 1. The van der Waals surface area contributed by atoms with E-state index in [1.54, 1.807) is 29.2 Å². The van der Waals surface area contributed by atoms with Crippen LogP contribution in [0.2, 0.25) is 0 Å². The van der Waals surface area contributed by atoms with Crippen molar-refractivity contribution in [3.05, 3.63) is 81.9 Å². The third kappa shape index (κ3) is 5.74. The van der Waals surface area contributed by atoms with Crippen LogP contribution in [0.15, 0.2) is 69.8 Å². The van der Waals surface area contributed by atoms with Crippen molar-refractivity contribution < 1.29 is 33.3 Å². The average molecular weight is 577 g/mol. The van der Waals surface area contributed by atoms with Gasteiger partial charge in [-0.05, 0) is 55.7 Å². The predicted octanol–water partition coefficient (Wildman–Crippen LogP) is 3.62. The molecule has 3 aliphatic heterocycles. The van der Waals surface area contributed by atoms with Crippen LogP contribution in [0.1, 0.15) is 36.8 Å². The fraction of sp³-hybridized carbons (Fsp3) is 0.438. The molecule has 222 valence electrons. The summed E-state index contributed by atoms with van der Waals surface area (Å²) in [4.78, 5) is 31.5. The lowest BCUT2D eigenvalue weighted by molar-refractivity contribution is -0.171. The zero-order valence-corrected chi connectivity index (χ0v) is 23.7. The number of rotatable bonds is 9. The van der Waals surface area contributed by atoms with Gasteiger partial charge in [-0.2, -0.15) is 0 Å². The van der Waals surface area contributed by atoms with Gasteiger partial charge in [0.15, 0.2) is 22.7 Å². The second-order valence-corrected chi connectivity index (χ2v) is 10.8. The minimum absolute atomic E-state index is 0.000427. The van der Waals surface area contributed by atoms with E-state index in [1.165, 1.54) is 6.26 Å². The number of hydrogen-bond acceptors (Lipinski definition) is 9. The van der Waals surface area contributed by atoms with Crippen LogP contribution in [-0.2, 0) is 20.8 Å². The van der Waals surface area contributed by atoms with Crippen LogP contribution in [0.3, 0.4) is 0 Å². The lowest BCUT2D eigenvalue weighted by atomic mass is 9.81. The third-order valence-corrected chi connectivity index (χ3v) is 8.19. The van der Waals surface area contributed by atoms with E-state index in [9.17, 15) is 14.7 Å². The summed E-state index contributed by atoms with van der Waals surface area (Å²) in [5.74, 6) is 0.719. The zero-order valence-electron chi connectivity index (χ0n) is 23.7. The topological polar surface area (TPSA) is 111 Å². The molecule has 3 atom stereocenters. The number of benzene rings is 2. The molecule has 1 amide bonds. The first kappa shape index (κ1) is 28.3. The first-order chi connectivity index (χ1) is 20.6. The monoisotopic (exact) mass is 576 g/mol. The smallest absolute Gasteiger partial charge is 0.288 e. The fourth-order valence-corrected chi connectivity index (χ4v) is 6.00. The molecule has 4 heterocycles. The van der Waals surface area contributed by atoms with Gasteiger partial charge in [-0.3, -0.25) is 14.5 Å². The van der Waals surface area contributed by atoms with Gasteiger partial charge in [0.05, 0.1) is 11.6 Å². The molecule has 42 heavy (non-hydrogen) atoms. The van der Waals surface area contributed by atoms with Gasteiger partial charge < -0.3 is 33.4 Å². The van der Waals surface area contributed by atoms with Crippen LogP contribution < -0.4 is 14.9 Å². The van der Waals surface area contributed by atoms with E-state index in [4.69, 9.17) is 23.4 Å². The molecule has 0 bridgehead atoms. The molecule has 1 fully saturated rings. The quantitative estimate of drug-likeness (QED) is 0.408. The van der Waals surface area contributed by atoms with E-state index in [1.807, 2.05) is 31.2 Å². The van der Waals surface area contributed by atoms with Crippen molar-refractivity contribution in [3.8, 4) is 11.5 Å². The van der Waals surface area contributed by atoms with Crippen LogP contribution in [0.4, 0.5) is 0 Å². The SMILES string of the molecule is CCO[C@H]1OC(C(=O)N2CCN(Cc3ccc4c(c3)OCO4)CC2)=C[C@@H](c2coc3ccccc3c2=O)[C@H]1CCCO. The van der Waals surface area contributed by atoms with Crippen LogP contribution >= 0.6 is 0 Å². The molecule has 1 aromatic heterocycles. The lowest BCUT2D eigenvalue weighted by Gasteiger charge is -2.39. The maximum absolute atomic E-state index is 13.8. The van der Waals surface area contributed by atoms with Gasteiger partial charge in [-0.15, -0.1) is 0 Å². The highest BCUT2D eigenvalue weighted by Crippen LogP contribution is 2.39. The first-order valence-electron chi connectivity index (χ1n) is 14.6. The molecular weight excluding hydrogens is 540 g/mol. The minimum Gasteiger partial charge on any atom is -0.464 e. The molecule has 3 aromatic rings. The Bertz CT molecular complexity index is 1510. The lowest BCUT2D eigenvalue weighted by Crippen LogP contribution is -2.50. The fourth-order valence-electron chi connectivity index (χ4n) is 6.00. The summed E-state index contributed by atoms with van der Waals surface area (Å²) in [6, 6.07) is 13.1. The number of carbonyl (C=O) groups excluding carboxylic acids is 1. The number of aliphatic hydroxyl groups excluding tert-OH is 1. The Morgan fingerprint density at radius 3 is 2.69 bits per heavy atom. The number of allylic oxidation sites excluding steroid dienone is 1. The van der Waals surface area contributed by atoms with Gasteiger partial charge in [-0.1, -0.05) is 18.2 Å². The van der Waals surface area contributed by atoms with Crippen LogP contribution in [0, 0.1) is 5.92 Å². The van der Waals surface area contributed by atoms with Gasteiger partial charge in [0.2, 0.25) is 13.1 Å². The normalized spacial score (nSPS) is 22.2.